The number of Topliss-reactive ketones (excluding diaryl/α,β-unsaturated/α-hetero) is 1. The summed E-state index contributed by atoms with van der Waals surface area (Å²) >= 11 is 2.37. The zero-order chi connectivity index (χ0) is 27.4. The second-order valence-electron chi connectivity index (χ2n) is 8.30. The Kier molecular flexibility index (Phi) is 7.80. The number of ether oxygens (including phenoxy) is 1. The van der Waals surface area contributed by atoms with Crippen molar-refractivity contribution < 1.29 is 23.8 Å². The van der Waals surface area contributed by atoms with Crippen molar-refractivity contribution in [2.24, 2.45) is 0 Å². The number of hydrogen-bond donors (Lipinski definition) is 1. The summed E-state index contributed by atoms with van der Waals surface area (Å²) in [4.78, 5) is 31.8. The summed E-state index contributed by atoms with van der Waals surface area (Å²) in [6.07, 6.45) is 4.58. The van der Waals surface area contributed by atoms with Gasteiger partial charge in [0, 0.05) is 23.7 Å². The molecule has 0 spiro atoms. The number of amides is 1. The van der Waals surface area contributed by atoms with Crippen molar-refractivity contribution in [3.63, 3.8) is 0 Å². The number of benzene rings is 2. The van der Waals surface area contributed by atoms with Gasteiger partial charge in [0.25, 0.3) is 5.78 Å². The fraction of sp³-hybridized carbons (Fsp3) is 0.107. The highest BCUT2D eigenvalue weighted by Gasteiger charge is 2.48. The van der Waals surface area contributed by atoms with Crippen LogP contribution in [0.1, 0.15) is 22.7 Å². The lowest BCUT2D eigenvalue weighted by atomic mass is 9.95. The maximum Gasteiger partial charge on any atom is 0.301 e. The predicted molar refractivity (Wildman–Crippen MR) is 147 cm³/mol. The summed E-state index contributed by atoms with van der Waals surface area (Å²) in [6.45, 7) is 3.95. The van der Waals surface area contributed by atoms with Gasteiger partial charge in [0.15, 0.2) is 4.34 Å². The Balaban J connectivity index is 1.52. The van der Waals surface area contributed by atoms with E-state index in [0.717, 1.165) is 11.3 Å². The molecule has 1 saturated heterocycles. The number of aliphatic hydroxyl groups is 1. The minimum absolute atomic E-state index is 0.0817. The lowest BCUT2D eigenvalue weighted by Crippen LogP contribution is -2.29. The van der Waals surface area contributed by atoms with Crippen LogP contribution in [0, 0.1) is 5.82 Å². The number of carbonyl (C=O) groups excluding carboxylic acids is 2. The van der Waals surface area contributed by atoms with Gasteiger partial charge in [-0.3, -0.25) is 19.5 Å². The Bertz CT molecular complexity index is 1560. The van der Waals surface area contributed by atoms with Gasteiger partial charge in [-0.25, -0.2) is 4.39 Å². The molecule has 3 heterocycles. The Hall–Kier alpha value is -4.35. The third-order valence-corrected chi connectivity index (χ3v) is 7.98. The van der Waals surface area contributed by atoms with Gasteiger partial charge in [-0.05, 0) is 41.5 Å². The van der Waals surface area contributed by atoms with E-state index >= 15 is 0 Å². The summed E-state index contributed by atoms with van der Waals surface area (Å²) < 4.78 is 20.1. The van der Waals surface area contributed by atoms with Crippen LogP contribution in [0.25, 0.3) is 5.76 Å². The van der Waals surface area contributed by atoms with E-state index < -0.39 is 17.7 Å². The third-order valence-electron chi connectivity index (χ3n) is 5.87. The van der Waals surface area contributed by atoms with Gasteiger partial charge in [-0.1, -0.05) is 66.1 Å². The van der Waals surface area contributed by atoms with Gasteiger partial charge in [0.2, 0.25) is 5.13 Å². The molecular formula is C28H21FN4O4S2. The van der Waals surface area contributed by atoms with E-state index in [4.69, 9.17) is 4.74 Å². The van der Waals surface area contributed by atoms with Gasteiger partial charge >= 0.3 is 5.91 Å². The van der Waals surface area contributed by atoms with E-state index in [0.29, 0.717) is 39.1 Å². The molecule has 196 valence electrons. The van der Waals surface area contributed by atoms with Gasteiger partial charge in [0.1, 0.15) is 23.9 Å². The van der Waals surface area contributed by atoms with E-state index in [-0.39, 0.29) is 22.3 Å². The molecule has 0 radical (unpaired) electrons. The molecule has 2 aromatic carbocycles. The van der Waals surface area contributed by atoms with E-state index in [1.165, 1.54) is 35.1 Å². The highest BCUT2D eigenvalue weighted by molar-refractivity contribution is 8.00. The molecular weight excluding hydrogens is 539 g/mol. The van der Waals surface area contributed by atoms with Crippen LogP contribution in [0.15, 0.2) is 95.6 Å². The lowest BCUT2D eigenvalue weighted by Gasteiger charge is -2.22. The number of anilines is 1. The molecule has 0 saturated carbocycles. The maximum absolute atomic E-state index is 14.0. The number of aliphatic hydroxyl groups excluding tert-OH is 1. The average Bonchev–Trinajstić information content (AvgIpc) is 3.53. The number of hydrogen-bond acceptors (Lipinski definition) is 9. The maximum atomic E-state index is 14.0. The highest BCUT2D eigenvalue weighted by atomic mass is 32.2. The zero-order valence-electron chi connectivity index (χ0n) is 20.4. The minimum atomic E-state index is -0.969. The lowest BCUT2D eigenvalue weighted by molar-refractivity contribution is -0.132. The largest absolute Gasteiger partial charge is 0.507 e. The molecule has 1 aliphatic heterocycles. The van der Waals surface area contributed by atoms with Crippen molar-refractivity contribution in [2.75, 3.05) is 11.5 Å². The van der Waals surface area contributed by atoms with Gasteiger partial charge in [-0.15, -0.1) is 10.2 Å². The van der Waals surface area contributed by atoms with Crippen molar-refractivity contribution in [1.82, 2.24) is 15.2 Å². The number of ketones is 1. The Labute approximate surface area is 231 Å². The van der Waals surface area contributed by atoms with Crippen molar-refractivity contribution in [3.05, 3.63) is 114 Å². The summed E-state index contributed by atoms with van der Waals surface area (Å²) in [7, 11) is 0. The molecule has 5 rings (SSSR count). The third kappa shape index (κ3) is 5.45. The molecule has 0 aliphatic carbocycles. The number of pyridine rings is 1. The first-order valence-corrected chi connectivity index (χ1v) is 13.5. The number of aromatic nitrogens is 3. The minimum Gasteiger partial charge on any atom is -0.507 e. The predicted octanol–water partition coefficient (Wildman–Crippen LogP) is 5.56. The first-order chi connectivity index (χ1) is 19.0. The molecule has 1 aliphatic rings. The topological polar surface area (TPSA) is 106 Å². The van der Waals surface area contributed by atoms with Gasteiger partial charge < -0.3 is 9.84 Å². The highest BCUT2D eigenvalue weighted by Crippen LogP contribution is 2.44. The summed E-state index contributed by atoms with van der Waals surface area (Å²) in [5.74, 6) is -1.45. The van der Waals surface area contributed by atoms with E-state index in [9.17, 15) is 19.1 Å². The SMILES string of the molecule is C=CCOc1ccc(C2/C(=C(\O)c3ccncc3)C(=O)C(=O)N2c2nnc(SCc3ccccc3F)s2)cc1. The van der Waals surface area contributed by atoms with Crippen molar-refractivity contribution in [3.8, 4) is 5.75 Å². The molecule has 1 atom stereocenters. The van der Waals surface area contributed by atoms with E-state index in [1.807, 2.05) is 0 Å². The second-order valence-corrected chi connectivity index (χ2v) is 10.5. The van der Waals surface area contributed by atoms with Crippen LogP contribution < -0.4 is 9.64 Å². The van der Waals surface area contributed by atoms with Crippen LogP contribution in [-0.2, 0) is 15.3 Å². The Morgan fingerprint density at radius 3 is 2.56 bits per heavy atom. The van der Waals surface area contributed by atoms with Gasteiger partial charge in [0.05, 0.1) is 11.6 Å². The number of halogens is 1. The first-order valence-electron chi connectivity index (χ1n) is 11.7. The van der Waals surface area contributed by atoms with Crippen molar-refractivity contribution in [2.45, 2.75) is 16.1 Å². The molecule has 1 N–H and O–H groups in total. The van der Waals surface area contributed by atoms with Crippen LogP contribution in [0.5, 0.6) is 5.75 Å². The molecule has 1 fully saturated rings. The molecule has 8 nitrogen and oxygen atoms in total. The van der Waals surface area contributed by atoms with E-state index in [1.54, 1.807) is 60.7 Å². The quantitative estimate of drug-likeness (QED) is 0.0709. The normalized spacial score (nSPS) is 16.4. The number of rotatable bonds is 9. The molecule has 1 amide bonds. The molecule has 4 aromatic rings. The van der Waals surface area contributed by atoms with E-state index in [2.05, 4.69) is 21.8 Å². The zero-order valence-corrected chi connectivity index (χ0v) is 22.0. The number of carbonyl (C=O) groups is 2. The van der Waals surface area contributed by atoms with Crippen LogP contribution >= 0.6 is 23.1 Å². The van der Waals surface area contributed by atoms with Crippen molar-refractivity contribution >= 4 is 45.7 Å². The van der Waals surface area contributed by atoms with Gasteiger partial charge in [-0.2, -0.15) is 0 Å². The van der Waals surface area contributed by atoms with Crippen LogP contribution in [0.3, 0.4) is 0 Å². The number of thioether (sulfide) groups is 1. The molecule has 11 heteroatoms. The van der Waals surface area contributed by atoms with Crippen molar-refractivity contribution in [1.29, 1.82) is 0 Å². The molecule has 1 unspecified atom stereocenters. The summed E-state index contributed by atoms with van der Waals surface area (Å²) in [5, 5.41) is 19.7. The molecule has 2 aromatic heterocycles. The number of nitrogens with zero attached hydrogens (tertiary/aromatic N) is 4. The first kappa shape index (κ1) is 26.3. The van der Waals surface area contributed by atoms with Crippen LogP contribution in [-0.4, -0.2) is 38.6 Å². The second kappa shape index (κ2) is 11.6. The standard InChI is InChI=1S/C28H21FN4O4S2/c1-2-15-37-20-9-7-17(8-10-20)23-22(24(34)18-11-13-30-14-12-18)25(35)26(36)33(23)27-31-32-28(39-27)38-16-19-5-3-4-6-21(19)29/h2-14,23,34H,1,15-16H2/b24-22+. The molecule has 0 bridgehead atoms. The summed E-state index contributed by atoms with van der Waals surface area (Å²) in [6, 6.07) is 15.4. The Morgan fingerprint density at radius 1 is 1.10 bits per heavy atom. The van der Waals surface area contributed by atoms with Crippen LogP contribution in [0.2, 0.25) is 0 Å². The average molecular weight is 561 g/mol. The monoisotopic (exact) mass is 560 g/mol. The smallest absolute Gasteiger partial charge is 0.301 e. The fourth-order valence-corrected chi connectivity index (χ4v) is 5.88. The fourth-order valence-electron chi connectivity index (χ4n) is 4.03. The summed E-state index contributed by atoms with van der Waals surface area (Å²) in [5.41, 5.74) is 1.33. The Morgan fingerprint density at radius 2 is 1.85 bits per heavy atom. The molecule has 39 heavy (non-hydrogen) atoms. The van der Waals surface area contributed by atoms with Crippen LogP contribution in [0.4, 0.5) is 9.52 Å².